The normalized spacial score (nSPS) is 11.4. The molecular formula is C10H10FN5O2S2. The summed E-state index contributed by atoms with van der Waals surface area (Å²) >= 11 is 4.66. The third-order valence-corrected chi connectivity index (χ3v) is 4.03. The van der Waals surface area contributed by atoms with E-state index in [0.717, 1.165) is 18.2 Å². The van der Waals surface area contributed by atoms with Crippen molar-refractivity contribution in [1.82, 2.24) is 19.9 Å². The SMILES string of the molecule is NC(=S)c1cc(S(=O)(=O)NCc2ncn[nH]2)ccc1F. The number of nitrogens with zero attached hydrogens (tertiary/aromatic N) is 2. The van der Waals surface area contributed by atoms with Gasteiger partial charge in [0.25, 0.3) is 0 Å². The van der Waals surface area contributed by atoms with Gasteiger partial charge in [0.05, 0.1) is 11.4 Å². The van der Waals surface area contributed by atoms with E-state index in [2.05, 4.69) is 32.1 Å². The summed E-state index contributed by atoms with van der Waals surface area (Å²) in [6.45, 7) is -0.0673. The number of benzene rings is 1. The number of hydrogen-bond donors (Lipinski definition) is 3. The molecule has 2 aromatic rings. The average Bonchev–Trinajstić information content (AvgIpc) is 2.89. The standard InChI is InChI=1S/C10H10FN5O2S2/c11-8-2-1-6(3-7(8)10(12)19)20(17,18)15-4-9-13-5-14-16-9/h1-3,5,15H,4H2,(H2,12,19)(H,13,14,16). The second kappa shape index (κ2) is 5.61. The summed E-state index contributed by atoms with van der Waals surface area (Å²) < 4.78 is 39.8. The van der Waals surface area contributed by atoms with E-state index in [4.69, 9.17) is 5.73 Å². The fourth-order valence-electron chi connectivity index (χ4n) is 1.42. The van der Waals surface area contributed by atoms with Gasteiger partial charge in [0.2, 0.25) is 10.0 Å². The van der Waals surface area contributed by atoms with Gasteiger partial charge in [-0.3, -0.25) is 5.10 Å². The minimum absolute atomic E-state index is 0.0673. The van der Waals surface area contributed by atoms with Gasteiger partial charge in [-0.1, -0.05) is 12.2 Å². The average molecular weight is 315 g/mol. The van der Waals surface area contributed by atoms with E-state index in [1.54, 1.807) is 0 Å². The molecule has 0 atom stereocenters. The van der Waals surface area contributed by atoms with Gasteiger partial charge in [-0.15, -0.1) is 0 Å². The van der Waals surface area contributed by atoms with Crippen molar-refractivity contribution in [3.8, 4) is 0 Å². The fraction of sp³-hybridized carbons (Fsp3) is 0.100. The van der Waals surface area contributed by atoms with Crippen molar-refractivity contribution in [2.24, 2.45) is 5.73 Å². The molecule has 0 saturated heterocycles. The maximum absolute atomic E-state index is 13.4. The Morgan fingerprint density at radius 2 is 2.25 bits per heavy atom. The number of sulfonamides is 1. The van der Waals surface area contributed by atoms with Crippen molar-refractivity contribution in [3.05, 3.63) is 41.7 Å². The van der Waals surface area contributed by atoms with Gasteiger partial charge >= 0.3 is 0 Å². The zero-order valence-corrected chi connectivity index (χ0v) is 11.6. The summed E-state index contributed by atoms with van der Waals surface area (Å²) in [6, 6.07) is 3.21. The molecule has 0 spiro atoms. The zero-order valence-electron chi connectivity index (χ0n) is 10.00. The van der Waals surface area contributed by atoms with Gasteiger partial charge in [-0.2, -0.15) is 5.10 Å². The monoisotopic (exact) mass is 315 g/mol. The van der Waals surface area contributed by atoms with Gasteiger partial charge in [0.1, 0.15) is 23.0 Å². The Labute approximate surface area is 119 Å². The Kier molecular flexibility index (Phi) is 4.06. The maximum atomic E-state index is 13.4. The van der Waals surface area contributed by atoms with Crippen LogP contribution in [0.2, 0.25) is 0 Å². The lowest BCUT2D eigenvalue weighted by atomic mass is 10.2. The number of nitrogens with one attached hydrogen (secondary N) is 2. The molecular weight excluding hydrogens is 305 g/mol. The lowest BCUT2D eigenvalue weighted by molar-refractivity contribution is 0.578. The molecule has 0 saturated carbocycles. The summed E-state index contributed by atoms with van der Waals surface area (Å²) in [5.74, 6) is -0.322. The number of halogens is 1. The Balaban J connectivity index is 2.25. The van der Waals surface area contributed by atoms with Crippen molar-refractivity contribution in [3.63, 3.8) is 0 Å². The molecule has 0 unspecified atom stereocenters. The van der Waals surface area contributed by atoms with Crippen LogP contribution in [0.1, 0.15) is 11.4 Å². The van der Waals surface area contributed by atoms with E-state index < -0.39 is 15.8 Å². The van der Waals surface area contributed by atoms with Crippen LogP contribution < -0.4 is 10.5 Å². The molecule has 0 bridgehead atoms. The third-order valence-electron chi connectivity index (χ3n) is 2.41. The van der Waals surface area contributed by atoms with Gasteiger partial charge in [-0.05, 0) is 18.2 Å². The molecule has 0 fully saturated rings. The molecule has 4 N–H and O–H groups in total. The van der Waals surface area contributed by atoms with Crippen LogP contribution in [0.3, 0.4) is 0 Å². The van der Waals surface area contributed by atoms with Crippen LogP contribution in [0, 0.1) is 5.82 Å². The molecule has 10 heteroatoms. The predicted molar refractivity (Wildman–Crippen MR) is 72.7 cm³/mol. The van der Waals surface area contributed by atoms with E-state index in [0.29, 0.717) is 5.82 Å². The van der Waals surface area contributed by atoms with E-state index >= 15 is 0 Å². The number of aromatic nitrogens is 3. The molecule has 106 valence electrons. The van der Waals surface area contributed by atoms with E-state index in [-0.39, 0.29) is 22.0 Å². The second-order valence-electron chi connectivity index (χ2n) is 3.76. The molecule has 0 aliphatic rings. The smallest absolute Gasteiger partial charge is 0.241 e. The van der Waals surface area contributed by atoms with Crippen molar-refractivity contribution in [2.45, 2.75) is 11.4 Å². The van der Waals surface area contributed by atoms with Crippen LogP contribution in [-0.2, 0) is 16.6 Å². The summed E-state index contributed by atoms with van der Waals surface area (Å²) in [4.78, 5) is 3.43. The number of rotatable bonds is 5. The summed E-state index contributed by atoms with van der Waals surface area (Å²) in [5, 5.41) is 6.10. The summed E-state index contributed by atoms with van der Waals surface area (Å²) in [6.07, 6.45) is 1.26. The molecule has 1 aromatic heterocycles. The molecule has 1 heterocycles. The third kappa shape index (κ3) is 3.15. The molecule has 0 aliphatic heterocycles. The number of aromatic amines is 1. The lowest BCUT2D eigenvalue weighted by Gasteiger charge is -2.07. The number of hydrogen-bond acceptors (Lipinski definition) is 5. The van der Waals surface area contributed by atoms with Crippen LogP contribution in [0.4, 0.5) is 4.39 Å². The van der Waals surface area contributed by atoms with Gasteiger partial charge in [-0.25, -0.2) is 22.5 Å². The van der Waals surface area contributed by atoms with Crippen molar-refractivity contribution in [1.29, 1.82) is 0 Å². The first-order chi connectivity index (χ1) is 9.40. The molecule has 1 aromatic carbocycles. The molecule has 0 amide bonds. The van der Waals surface area contributed by atoms with E-state index in [9.17, 15) is 12.8 Å². The first kappa shape index (κ1) is 14.5. The Morgan fingerprint density at radius 3 is 2.85 bits per heavy atom. The Hall–Kier alpha value is -1.91. The molecule has 0 radical (unpaired) electrons. The van der Waals surface area contributed by atoms with Crippen molar-refractivity contribution >= 4 is 27.2 Å². The van der Waals surface area contributed by atoms with E-state index in [1.807, 2.05) is 0 Å². The summed E-state index contributed by atoms with van der Waals surface area (Å²) in [7, 11) is -3.83. The first-order valence-corrected chi connectivity index (χ1v) is 7.22. The van der Waals surface area contributed by atoms with E-state index in [1.165, 1.54) is 6.33 Å². The highest BCUT2D eigenvalue weighted by Gasteiger charge is 2.17. The van der Waals surface area contributed by atoms with Crippen LogP contribution in [0.5, 0.6) is 0 Å². The number of H-pyrrole nitrogens is 1. The number of nitrogens with two attached hydrogens (primary N) is 1. The highest BCUT2D eigenvalue weighted by Crippen LogP contribution is 2.15. The molecule has 20 heavy (non-hydrogen) atoms. The molecule has 0 aliphatic carbocycles. The van der Waals surface area contributed by atoms with Crippen LogP contribution in [-0.4, -0.2) is 28.6 Å². The van der Waals surface area contributed by atoms with Gasteiger partial charge < -0.3 is 5.73 Å². The highest BCUT2D eigenvalue weighted by atomic mass is 32.2. The first-order valence-electron chi connectivity index (χ1n) is 5.33. The number of thiocarbonyl (C=S) groups is 1. The topological polar surface area (TPSA) is 114 Å². The van der Waals surface area contributed by atoms with Crippen molar-refractivity contribution in [2.75, 3.05) is 0 Å². The van der Waals surface area contributed by atoms with Gasteiger partial charge in [0.15, 0.2) is 0 Å². The highest BCUT2D eigenvalue weighted by molar-refractivity contribution is 7.89. The van der Waals surface area contributed by atoms with Crippen LogP contribution >= 0.6 is 12.2 Å². The molecule has 2 rings (SSSR count). The maximum Gasteiger partial charge on any atom is 0.241 e. The second-order valence-corrected chi connectivity index (χ2v) is 5.97. The fourth-order valence-corrected chi connectivity index (χ4v) is 2.59. The summed E-state index contributed by atoms with van der Waals surface area (Å²) in [5.41, 5.74) is 5.21. The largest absolute Gasteiger partial charge is 0.389 e. The molecule has 7 nitrogen and oxygen atoms in total. The minimum Gasteiger partial charge on any atom is -0.389 e. The Morgan fingerprint density at radius 1 is 1.50 bits per heavy atom. The predicted octanol–water partition coefficient (Wildman–Crippen LogP) is 0.0565. The lowest BCUT2D eigenvalue weighted by Crippen LogP contribution is -2.24. The van der Waals surface area contributed by atoms with Crippen LogP contribution in [0.15, 0.2) is 29.4 Å². The minimum atomic E-state index is -3.83. The van der Waals surface area contributed by atoms with Gasteiger partial charge in [0, 0.05) is 5.56 Å². The van der Waals surface area contributed by atoms with Crippen LogP contribution in [0.25, 0.3) is 0 Å². The Bertz CT molecular complexity index is 730. The zero-order chi connectivity index (χ0) is 14.8. The quantitative estimate of drug-likeness (QED) is 0.672. The van der Waals surface area contributed by atoms with Crippen molar-refractivity contribution < 1.29 is 12.8 Å².